The van der Waals surface area contributed by atoms with Gasteiger partial charge >= 0.3 is 0 Å². The van der Waals surface area contributed by atoms with Crippen molar-refractivity contribution in [3.05, 3.63) is 33.9 Å². The zero-order chi connectivity index (χ0) is 15.0. The predicted molar refractivity (Wildman–Crippen MR) is 83.3 cm³/mol. The van der Waals surface area contributed by atoms with Crippen molar-refractivity contribution in [3.63, 3.8) is 0 Å². The first-order valence-electron chi connectivity index (χ1n) is 5.61. The van der Waals surface area contributed by atoms with Crippen LogP contribution in [0.25, 0.3) is 0 Å². The number of hydrogen-bond donors (Lipinski definition) is 3. The third kappa shape index (κ3) is 5.11. The van der Waals surface area contributed by atoms with Crippen molar-refractivity contribution in [1.82, 2.24) is 10.7 Å². The van der Waals surface area contributed by atoms with Gasteiger partial charge in [0.05, 0.1) is 22.6 Å². The lowest BCUT2D eigenvalue weighted by atomic mass is 10.2. The van der Waals surface area contributed by atoms with Crippen LogP contribution in [0.15, 0.2) is 28.2 Å². The van der Waals surface area contributed by atoms with Gasteiger partial charge in [-0.25, -0.2) is 0 Å². The number of nitrogens with zero attached hydrogens (tertiary/aromatic N) is 2. The Bertz CT molecular complexity index is 522. The highest BCUT2D eigenvalue weighted by atomic mass is 32.2. The van der Waals surface area contributed by atoms with Crippen LogP contribution in [0.4, 0.5) is 5.69 Å². The number of aliphatic hydroxyl groups excluding tert-OH is 1. The molecule has 3 N–H and O–H groups in total. The van der Waals surface area contributed by atoms with Crippen LogP contribution in [-0.2, 0) is 0 Å². The number of nitrogens with one attached hydrogen (secondary N) is 2. The molecule has 1 aromatic carbocycles. The van der Waals surface area contributed by atoms with E-state index in [1.54, 1.807) is 19.2 Å². The molecular weight excluding hydrogens is 300 g/mol. The second kappa shape index (κ2) is 8.46. The monoisotopic (exact) mass is 314 g/mol. The molecule has 1 rings (SSSR count). The van der Waals surface area contributed by atoms with Gasteiger partial charge in [-0.2, -0.15) is 5.10 Å². The van der Waals surface area contributed by atoms with E-state index in [4.69, 9.17) is 17.3 Å². The van der Waals surface area contributed by atoms with Crippen LogP contribution < -0.4 is 10.7 Å². The fourth-order valence-electron chi connectivity index (χ4n) is 1.26. The fraction of sp³-hybridized carbons (Fsp3) is 0.273. The molecule has 0 aliphatic rings. The van der Waals surface area contributed by atoms with Gasteiger partial charge < -0.3 is 10.4 Å². The van der Waals surface area contributed by atoms with Crippen LogP contribution in [0.2, 0.25) is 0 Å². The summed E-state index contributed by atoms with van der Waals surface area (Å²) in [6.07, 6.45) is 1.44. The molecular formula is C11H14N4O3S2. The molecule has 108 valence electrons. The van der Waals surface area contributed by atoms with Gasteiger partial charge in [0.1, 0.15) is 0 Å². The number of rotatable bonds is 6. The summed E-state index contributed by atoms with van der Waals surface area (Å²) in [6, 6.07) is 4.77. The Balaban J connectivity index is 2.87. The van der Waals surface area contributed by atoms with Gasteiger partial charge in [0.15, 0.2) is 5.11 Å². The number of hydrazone groups is 1. The molecule has 0 aliphatic carbocycles. The molecule has 0 fully saturated rings. The molecule has 0 heterocycles. The Morgan fingerprint density at radius 2 is 2.40 bits per heavy atom. The summed E-state index contributed by atoms with van der Waals surface area (Å²) in [5, 5.41) is 26.7. The molecule has 0 unspecified atom stereocenters. The van der Waals surface area contributed by atoms with Crippen LogP contribution >= 0.6 is 24.0 Å². The first kappa shape index (κ1) is 16.3. The normalized spacial score (nSPS) is 10.5. The van der Waals surface area contributed by atoms with Crippen molar-refractivity contribution in [2.45, 2.75) is 4.90 Å². The molecule has 7 nitrogen and oxygen atoms in total. The second-order valence-electron chi connectivity index (χ2n) is 3.51. The highest BCUT2D eigenvalue weighted by molar-refractivity contribution is 7.99. The summed E-state index contributed by atoms with van der Waals surface area (Å²) in [7, 11) is 1.66. The van der Waals surface area contributed by atoms with E-state index in [0.717, 1.165) is 0 Å². The van der Waals surface area contributed by atoms with Gasteiger partial charge in [-0.3, -0.25) is 15.5 Å². The summed E-state index contributed by atoms with van der Waals surface area (Å²) in [5.74, 6) is 0.409. The van der Waals surface area contributed by atoms with E-state index in [2.05, 4.69) is 15.8 Å². The lowest BCUT2D eigenvalue weighted by molar-refractivity contribution is -0.387. The van der Waals surface area contributed by atoms with Crippen molar-refractivity contribution in [2.75, 3.05) is 19.4 Å². The van der Waals surface area contributed by atoms with E-state index >= 15 is 0 Å². The van der Waals surface area contributed by atoms with E-state index in [-0.39, 0.29) is 12.3 Å². The van der Waals surface area contributed by atoms with Crippen molar-refractivity contribution in [2.24, 2.45) is 5.10 Å². The third-order valence-electron chi connectivity index (χ3n) is 2.14. The Labute approximate surface area is 125 Å². The van der Waals surface area contributed by atoms with Gasteiger partial charge in [-0.15, -0.1) is 11.8 Å². The van der Waals surface area contributed by atoms with E-state index in [0.29, 0.717) is 21.3 Å². The fourth-order valence-corrected chi connectivity index (χ4v) is 2.07. The average Bonchev–Trinajstić information content (AvgIpc) is 2.45. The van der Waals surface area contributed by atoms with Gasteiger partial charge in [0.2, 0.25) is 0 Å². The topological polar surface area (TPSA) is 99.8 Å². The lowest BCUT2D eigenvalue weighted by Gasteiger charge is -2.03. The number of aliphatic hydroxyl groups is 1. The first-order valence-corrected chi connectivity index (χ1v) is 7.00. The smallest absolute Gasteiger partial charge is 0.283 e. The van der Waals surface area contributed by atoms with Crippen LogP contribution in [0.1, 0.15) is 5.56 Å². The molecule has 0 radical (unpaired) electrons. The third-order valence-corrected chi connectivity index (χ3v) is 3.47. The van der Waals surface area contributed by atoms with E-state index in [1.165, 1.54) is 24.0 Å². The molecule has 1 aromatic rings. The van der Waals surface area contributed by atoms with Crippen LogP contribution in [0.3, 0.4) is 0 Å². The largest absolute Gasteiger partial charge is 0.396 e. The average molecular weight is 314 g/mol. The second-order valence-corrected chi connectivity index (χ2v) is 5.05. The summed E-state index contributed by atoms with van der Waals surface area (Å²) in [6.45, 7) is -0.0313. The van der Waals surface area contributed by atoms with E-state index in [1.807, 2.05) is 0 Å². The standard InChI is InChI=1S/C11H14N4O3S2/c1-12-11(19)14-13-7-8-2-3-10(20-5-4-16)9(6-8)15(17)18/h2-3,6-7,16H,4-5H2,1H3,(H2,12,14,19)/b13-7-. The number of hydrogen-bond acceptors (Lipinski definition) is 6. The van der Waals surface area contributed by atoms with Crippen LogP contribution in [0.5, 0.6) is 0 Å². The molecule has 0 spiro atoms. The highest BCUT2D eigenvalue weighted by Crippen LogP contribution is 2.29. The molecule has 0 saturated heterocycles. The van der Waals surface area contributed by atoms with E-state index < -0.39 is 4.92 Å². The Kier molecular flexibility index (Phi) is 6.91. The first-order chi connectivity index (χ1) is 9.58. The summed E-state index contributed by atoms with van der Waals surface area (Å²) in [5.41, 5.74) is 3.13. The van der Waals surface area contributed by atoms with Crippen molar-refractivity contribution in [1.29, 1.82) is 0 Å². The zero-order valence-corrected chi connectivity index (χ0v) is 12.3. The molecule has 0 aliphatic heterocycles. The maximum absolute atomic E-state index is 11.0. The van der Waals surface area contributed by atoms with E-state index in [9.17, 15) is 10.1 Å². The Morgan fingerprint density at radius 1 is 1.65 bits per heavy atom. The Morgan fingerprint density at radius 3 is 3.00 bits per heavy atom. The quantitative estimate of drug-likeness (QED) is 0.238. The van der Waals surface area contributed by atoms with Crippen LogP contribution in [-0.4, -0.2) is 40.8 Å². The number of benzene rings is 1. The SMILES string of the molecule is CNC(=S)N/N=C\c1ccc(SCCO)c([N+](=O)[O-])c1. The lowest BCUT2D eigenvalue weighted by Crippen LogP contribution is -2.28. The molecule has 0 amide bonds. The number of nitro benzene ring substituents is 1. The summed E-state index contributed by atoms with van der Waals surface area (Å²) >= 11 is 6.07. The van der Waals surface area contributed by atoms with Crippen molar-refractivity contribution < 1.29 is 10.0 Å². The summed E-state index contributed by atoms with van der Waals surface area (Å²) in [4.78, 5) is 11.1. The molecule has 0 aromatic heterocycles. The predicted octanol–water partition coefficient (Wildman–Crippen LogP) is 1.11. The molecule has 9 heteroatoms. The van der Waals surface area contributed by atoms with Crippen LogP contribution in [0, 0.1) is 10.1 Å². The van der Waals surface area contributed by atoms with Gasteiger partial charge in [-0.05, 0) is 18.3 Å². The number of nitro groups is 1. The minimum Gasteiger partial charge on any atom is -0.396 e. The molecule has 20 heavy (non-hydrogen) atoms. The van der Waals surface area contributed by atoms with Gasteiger partial charge in [-0.1, -0.05) is 6.07 Å². The molecule has 0 atom stereocenters. The highest BCUT2D eigenvalue weighted by Gasteiger charge is 2.14. The minimum absolute atomic E-state index is 0.0106. The maximum Gasteiger partial charge on any atom is 0.283 e. The van der Waals surface area contributed by atoms with Crippen molar-refractivity contribution >= 4 is 41.0 Å². The Hall–Kier alpha value is -1.71. The molecule has 0 saturated carbocycles. The maximum atomic E-state index is 11.0. The number of thioether (sulfide) groups is 1. The summed E-state index contributed by atoms with van der Waals surface area (Å²) < 4.78 is 0. The van der Waals surface area contributed by atoms with Gasteiger partial charge in [0.25, 0.3) is 5.69 Å². The van der Waals surface area contributed by atoms with Crippen molar-refractivity contribution in [3.8, 4) is 0 Å². The minimum atomic E-state index is -0.456. The number of thiocarbonyl (C=S) groups is 1. The molecule has 0 bridgehead atoms. The van der Waals surface area contributed by atoms with Gasteiger partial charge in [0, 0.05) is 24.4 Å². The zero-order valence-electron chi connectivity index (χ0n) is 10.7.